The quantitative estimate of drug-likeness (QED) is 0.798. The zero-order valence-corrected chi connectivity index (χ0v) is 13.7. The van der Waals surface area contributed by atoms with Crippen LogP contribution in [0.3, 0.4) is 0 Å². The number of hydrogen-bond acceptors (Lipinski definition) is 4. The third-order valence-electron chi connectivity index (χ3n) is 4.33. The standard InChI is InChI=1S/C19H17N3O3/c1-12-11-22(19(24)25-12)16-4-2-13(3-5-16)8-14-9-15-10-20-7-6-17(15)21-18(14)23/h2-7,9-10,12H,8,11H2,1H3,(H,21,23). The predicted octanol–water partition coefficient (Wildman–Crippen LogP) is 2.86. The maximum absolute atomic E-state index is 12.2. The van der Waals surface area contributed by atoms with E-state index in [0.29, 0.717) is 18.5 Å². The van der Waals surface area contributed by atoms with Crippen LogP contribution < -0.4 is 10.5 Å². The lowest BCUT2D eigenvalue weighted by molar-refractivity contribution is 0.150. The fourth-order valence-electron chi connectivity index (χ4n) is 3.05. The molecule has 25 heavy (non-hydrogen) atoms. The second kappa shape index (κ2) is 6.05. The van der Waals surface area contributed by atoms with Crippen LogP contribution in [0, 0.1) is 0 Å². The monoisotopic (exact) mass is 335 g/mol. The molecule has 1 atom stereocenters. The van der Waals surface area contributed by atoms with Gasteiger partial charge in [-0.05, 0) is 36.8 Å². The number of carbonyl (C=O) groups excluding carboxylic acids is 1. The first-order chi connectivity index (χ1) is 12.1. The van der Waals surface area contributed by atoms with E-state index < -0.39 is 0 Å². The number of benzene rings is 1. The van der Waals surface area contributed by atoms with Crippen LogP contribution in [0.2, 0.25) is 0 Å². The summed E-state index contributed by atoms with van der Waals surface area (Å²) >= 11 is 0. The first kappa shape index (κ1) is 15.4. The molecule has 0 aliphatic carbocycles. The Labute approximate surface area is 144 Å². The second-order valence-corrected chi connectivity index (χ2v) is 6.23. The number of pyridine rings is 2. The van der Waals surface area contributed by atoms with E-state index in [2.05, 4.69) is 9.97 Å². The SMILES string of the molecule is CC1CN(c2ccc(Cc3cc4cnccc4[nH]c3=O)cc2)C(=O)O1. The minimum absolute atomic E-state index is 0.0975. The van der Waals surface area contributed by atoms with Gasteiger partial charge in [0.1, 0.15) is 6.10 Å². The van der Waals surface area contributed by atoms with E-state index in [1.807, 2.05) is 37.3 Å². The van der Waals surface area contributed by atoms with Gasteiger partial charge in [0.2, 0.25) is 0 Å². The summed E-state index contributed by atoms with van der Waals surface area (Å²) in [6.07, 6.45) is 3.48. The Balaban J connectivity index is 1.58. The molecule has 2 aromatic heterocycles. The molecule has 1 aromatic carbocycles. The fourth-order valence-corrected chi connectivity index (χ4v) is 3.05. The van der Waals surface area contributed by atoms with Crippen molar-refractivity contribution in [1.29, 1.82) is 0 Å². The fraction of sp³-hybridized carbons (Fsp3) is 0.211. The number of nitrogens with zero attached hydrogens (tertiary/aromatic N) is 2. The second-order valence-electron chi connectivity index (χ2n) is 6.23. The number of cyclic esters (lactones) is 1. The Morgan fingerprint density at radius 2 is 2.04 bits per heavy atom. The summed E-state index contributed by atoms with van der Waals surface area (Å²) in [5.41, 5.74) is 3.16. The number of amides is 1. The Kier molecular flexibility index (Phi) is 3.72. The minimum atomic E-state index is -0.321. The molecule has 1 unspecified atom stereocenters. The number of ether oxygens (including phenoxy) is 1. The van der Waals surface area contributed by atoms with E-state index in [1.165, 1.54) is 0 Å². The summed E-state index contributed by atoms with van der Waals surface area (Å²) in [7, 11) is 0. The summed E-state index contributed by atoms with van der Waals surface area (Å²) < 4.78 is 5.15. The molecule has 6 nitrogen and oxygen atoms in total. The number of hydrogen-bond donors (Lipinski definition) is 1. The summed E-state index contributed by atoms with van der Waals surface area (Å²) in [5, 5.41) is 0.905. The molecular formula is C19H17N3O3. The predicted molar refractivity (Wildman–Crippen MR) is 94.9 cm³/mol. The van der Waals surface area contributed by atoms with Crippen molar-refractivity contribution >= 4 is 22.7 Å². The lowest BCUT2D eigenvalue weighted by atomic mass is 10.0. The lowest BCUT2D eigenvalue weighted by Gasteiger charge is -2.13. The number of aromatic nitrogens is 2. The van der Waals surface area contributed by atoms with Gasteiger partial charge in [0.05, 0.1) is 12.1 Å². The molecule has 1 N–H and O–H groups in total. The van der Waals surface area contributed by atoms with Crippen molar-refractivity contribution in [2.24, 2.45) is 0 Å². The van der Waals surface area contributed by atoms with Crippen molar-refractivity contribution in [2.75, 3.05) is 11.4 Å². The van der Waals surface area contributed by atoms with Gasteiger partial charge < -0.3 is 9.72 Å². The third-order valence-corrected chi connectivity index (χ3v) is 4.33. The van der Waals surface area contributed by atoms with Gasteiger partial charge in [-0.25, -0.2) is 4.79 Å². The molecule has 0 radical (unpaired) electrons. The molecule has 0 bridgehead atoms. The van der Waals surface area contributed by atoms with Crippen molar-refractivity contribution in [3.05, 3.63) is 70.3 Å². The number of H-pyrrole nitrogens is 1. The smallest absolute Gasteiger partial charge is 0.414 e. The number of anilines is 1. The van der Waals surface area contributed by atoms with Gasteiger partial charge >= 0.3 is 6.09 Å². The van der Waals surface area contributed by atoms with Crippen LogP contribution in [0.15, 0.2) is 53.6 Å². The molecule has 6 heteroatoms. The molecule has 3 heterocycles. The zero-order valence-electron chi connectivity index (χ0n) is 13.7. The van der Waals surface area contributed by atoms with Crippen LogP contribution in [0.5, 0.6) is 0 Å². The van der Waals surface area contributed by atoms with Gasteiger partial charge in [-0.1, -0.05) is 12.1 Å². The summed E-state index contributed by atoms with van der Waals surface area (Å²) in [5.74, 6) is 0. The van der Waals surface area contributed by atoms with Crippen LogP contribution in [0.4, 0.5) is 10.5 Å². The number of fused-ring (bicyclic) bond motifs is 1. The number of rotatable bonds is 3. The molecule has 1 fully saturated rings. The first-order valence-electron chi connectivity index (χ1n) is 8.13. The Morgan fingerprint density at radius 1 is 1.24 bits per heavy atom. The van der Waals surface area contributed by atoms with Gasteiger partial charge in [-0.3, -0.25) is 14.7 Å². The van der Waals surface area contributed by atoms with Crippen LogP contribution in [-0.2, 0) is 11.2 Å². The molecular weight excluding hydrogens is 318 g/mol. The van der Waals surface area contributed by atoms with E-state index in [0.717, 1.165) is 22.2 Å². The Morgan fingerprint density at radius 3 is 2.76 bits per heavy atom. The van der Waals surface area contributed by atoms with E-state index in [1.54, 1.807) is 23.4 Å². The van der Waals surface area contributed by atoms with Crippen molar-refractivity contribution < 1.29 is 9.53 Å². The normalized spacial score (nSPS) is 17.1. The minimum Gasteiger partial charge on any atom is -0.444 e. The van der Waals surface area contributed by atoms with E-state index >= 15 is 0 Å². The van der Waals surface area contributed by atoms with Crippen LogP contribution in [0.1, 0.15) is 18.1 Å². The highest BCUT2D eigenvalue weighted by molar-refractivity contribution is 5.89. The molecule has 1 aliphatic heterocycles. The van der Waals surface area contributed by atoms with Gasteiger partial charge in [-0.15, -0.1) is 0 Å². The number of carbonyl (C=O) groups is 1. The topological polar surface area (TPSA) is 75.3 Å². The average Bonchev–Trinajstić information content (AvgIpc) is 2.94. The Bertz CT molecular complexity index is 995. The highest BCUT2D eigenvalue weighted by Gasteiger charge is 2.29. The summed E-state index contributed by atoms with van der Waals surface area (Å²) in [6, 6.07) is 11.3. The van der Waals surface area contributed by atoms with Crippen LogP contribution in [0.25, 0.3) is 10.9 Å². The molecule has 1 amide bonds. The lowest BCUT2D eigenvalue weighted by Crippen LogP contribution is -2.23. The first-order valence-corrected chi connectivity index (χ1v) is 8.13. The van der Waals surface area contributed by atoms with Crippen molar-refractivity contribution in [3.63, 3.8) is 0 Å². The molecule has 1 aliphatic rings. The number of aromatic amines is 1. The third kappa shape index (κ3) is 2.98. The maximum Gasteiger partial charge on any atom is 0.414 e. The molecule has 0 spiro atoms. The number of nitrogens with one attached hydrogen (secondary N) is 1. The van der Waals surface area contributed by atoms with Crippen LogP contribution in [-0.4, -0.2) is 28.7 Å². The highest BCUT2D eigenvalue weighted by Crippen LogP contribution is 2.22. The van der Waals surface area contributed by atoms with E-state index in [-0.39, 0.29) is 17.8 Å². The van der Waals surface area contributed by atoms with Gasteiger partial charge in [-0.2, -0.15) is 0 Å². The maximum atomic E-state index is 12.2. The molecule has 3 aromatic rings. The van der Waals surface area contributed by atoms with Crippen molar-refractivity contribution in [3.8, 4) is 0 Å². The van der Waals surface area contributed by atoms with Crippen molar-refractivity contribution in [2.45, 2.75) is 19.4 Å². The molecule has 1 saturated heterocycles. The highest BCUT2D eigenvalue weighted by atomic mass is 16.6. The van der Waals surface area contributed by atoms with Crippen LogP contribution >= 0.6 is 0 Å². The van der Waals surface area contributed by atoms with E-state index in [4.69, 9.17) is 4.74 Å². The van der Waals surface area contributed by atoms with Crippen molar-refractivity contribution in [1.82, 2.24) is 9.97 Å². The van der Waals surface area contributed by atoms with E-state index in [9.17, 15) is 9.59 Å². The molecule has 0 saturated carbocycles. The largest absolute Gasteiger partial charge is 0.444 e. The Hall–Kier alpha value is -3.15. The summed E-state index contributed by atoms with van der Waals surface area (Å²) in [4.78, 5) is 32.6. The molecule has 4 rings (SSSR count). The van der Waals surface area contributed by atoms with Gasteiger partial charge in [0, 0.05) is 35.5 Å². The van der Waals surface area contributed by atoms with Gasteiger partial charge in [0.25, 0.3) is 5.56 Å². The zero-order chi connectivity index (χ0) is 17.4. The average molecular weight is 335 g/mol. The van der Waals surface area contributed by atoms with Gasteiger partial charge in [0.15, 0.2) is 0 Å². The molecule has 126 valence electrons. The summed E-state index contributed by atoms with van der Waals surface area (Å²) in [6.45, 7) is 2.42.